The molecule has 4 nitrogen and oxygen atoms in total. The van der Waals surface area contributed by atoms with Gasteiger partial charge in [0.15, 0.2) is 11.5 Å². The number of ether oxygens (including phenoxy) is 1. The van der Waals surface area contributed by atoms with Crippen molar-refractivity contribution in [2.24, 2.45) is 5.73 Å². The summed E-state index contributed by atoms with van der Waals surface area (Å²) in [4.78, 5) is 0. The minimum absolute atomic E-state index is 0.0198. The number of hydrogen-bond acceptors (Lipinski definition) is 4. The molecular weight excluding hydrogens is 290 g/mol. The third-order valence-electron chi connectivity index (χ3n) is 3.95. The summed E-state index contributed by atoms with van der Waals surface area (Å²) in [6.07, 6.45) is 1.49. The van der Waals surface area contributed by atoms with E-state index >= 15 is 0 Å². The minimum atomic E-state index is -0.0968. The Hall–Kier alpha value is -2.04. The Morgan fingerprint density at radius 1 is 1.13 bits per heavy atom. The number of nitrogens with two attached hydrogens (primary N) is 1. The molecule has 2 aromatic carbocycles. The molecule has 1 heterocycles. The van der Waals surface area contributed by atoms with Crippen molar-refractivity contribution in [1.29, 1.82) is 0 Å². The van der Waals surface area contributed by atoms with Crippen LogP contribution >= 0.6 is 0 Å². The normalized spacial score (nSPS) is 19.4. The van der Waals surface area contributed by atoms with Gasteiger partial charge in [-0.15, -0.1) is 0 Å². The molecule has 0 saturated carbocycles. The van der Waals surface area contributed by atoms with Crippen LogP contribution in [0.2, 0.25) is 0 Å². The zero-order valence-electron chi connectivity index (χ0n) is 13.7. The number of hydrogen-bond donors (Lipinski definition) is 3. The molecule has 1 aliphatic rings. The van der Waals surface area contributed by atoms with E-state index in [4.69, 9.17) is 10.5 Å². The maximum absolute atomic E-state index is 10.0. The second-order valence-electron chi connectivity index (χ2n) is 5.67. The van der Waals surface area contributed by atoms with Crippen LogP contribution in [0.5, 0.6) is 11.5 Å². The van der Waals surface area contributed by atoms with Gasteiger partial charge in [-0.25, -0.2) is 0 Å². The van der Waals surface area contributed by atoms with Crippen LogP contribution in [0.25, 0.3) is 0 Å². The van der Waals surface area contributed by atoms with Gasteiger partial charge >= 0.3 is 0 Å². The van der Waals surface area contributed by atoms with Crippen LogP contribution in [-0.2, 0) is 11.2 Å². The average Bonchev–Trinajstić information content (AvgIpc) is 2.59. The lowest BCUT2D eigenvalue weighted by atomic mass is 9.91. The molecule has 124 valence electrons. The Kier molecular flexibility index (Phi) is 6.02. The van der Waals surface area contributed by atoms with Crippen LogP contribution in [0.4, 0.5) is 0 Å². The van der Waals surface area contributed by atoms with Crippen molar-refractivity contribution < 1.29 is 14.9 Å². The van der Waals surface area contributed by atoms with Gasteiger partial charge in [0.05, 0.1) is 12.2 Å². The summed E-state index contributed by atoms with van der Waals surface area (Å²) in [7, 11) is 0. The first kappa shape index (κ1) is 17.3. The van der Waals surface area contributed by atoms with Crippen LogP contribution in [0.3, 0.4) is 0 Å². The van der Waals surface area contributed by atoms with Gasteiger partial charge in [0, 0.05) is 12.0 Å². The number of aromatic hydroxyl groups is 2. The van der Waals surface area contributed by atoms with Crippen LogP contribution in [0.15, 0.2) is 42.5 Å². The van der Waals surface area contributed by atoms with Crippen molar-refractivity contribution in [3.63, 3.8) is 0 Å². The molecule has 1 aliphatic heterocycles. The lowest BCUT2D eigenvalue weighted by molar-refractivity contribution is -0.0179. The minimum Gasteiger partial charge on any atom is -0.504 e. The van der Waals surface area contributed by atoms with Crippen molar-refractivity contribution in [1.82, 2.24) is 0 Å². The highest BCUT2D eigenvalue weighted by Crippen LogP contribution is 2.43. The van der Waals surface area contributed by atoms with E-state index in [0.29, 0.717) is 6.42 Å². The van der Waals surface area contributed by atoms with E-state index < -0.39 is 0 Å². The summed E-state index contributed by atoms with van der Waals surface area (Å²) in [5.74, 6) is -0.0896. The van der Waals surface area contributed by atoms with E-state index in [1.807, 2.05) is 43.3 Å². The lowest BCUT2D eigenvalue weighted by Gasteiger charge is -2.31. The summed E-state index contributed by atoms with van der Waals surface area (Å²) < 4.78 is 6.00. The third-order valence-corrected chi connectivity index (χ3v) is 3.95. The fourth-order valence-corrected chi connectivity index (χ4v) is 2.65. The van der Waals surface area contributed by atoms with Crippen molar-refractivity contribution in [2.75, 3.05) is 6.54 Å². The topological polar surface area (TPSA) is 75.7 Å². The standard InChI is InChI=1S/C16H16O3.C3H9N/c1-10-12-7-8-14(17)16(18)13(12)9-15(19-10)11-5-3-2-4-6-11;1-2-3-4/h2-8,10,15,17-18H,9H2,1H3;2-4H2,1H3. The van der Waals surface area contributed by atoms with E-state index in [0.717, 1.165) is 29.7 Å². The first-order valence-corrected chi connectivity index (χ1v) is 8.02. The van der Waals surface area contributed by atoms with Crippen molar-refractivity contribution in [3.8, 4) is 11.5 Å². The maximum atomic E-state index is 10.0. The lowest BCUT2D eigenvalue weighted by Crippen LogP contribution is -2.18. The van der Waals surface area contributed by atoms with Crippen molar-refractivity contribution >= 4 is 0 Å². The zero-order chi connectivity index (χ0) is 16.8. The molecule has 2 unspecified atom stereocenters. The molecule has 2 atom stereocenters. The van der Waals surface area contributed by atoms with Crippen molar-refractivity contribution in [2.45, 2.75) is 38.9 Å². The second-order valence-corrected chi connectivity index (χ2v) is 5.67. The fourth-order valence-electron chi connectivity index (χ4n) is 2.65. The van der Waals surface area contributed by atoms with E-state index in [9.17, 15) is 10.2 Å². The van der Waals surface area contributed by atoms with Gasteiger partial charge < -0.3 is 20.7 Å². The largest absolute Gasteiger partial charge is 0.504 e. The van der Waals surface area contributed by atoms with Crippen LogP contribution < -0.4 is 5.73 Å². The number of fused-ring (bicyclic) bond motifs is 1. The number of phenols is 2. The Morgan fingerprint density at radius 3 is 2.39 bits per heavy atom. The Balaban J connectivity index is 0.000000433. The van der Waals surface area contributed by atoms with E-state index in [1.54, 1.807) is 0 Å². The van der Waals surface area contributed by atoms with Crippen LogP contribution in [0.1, 0.15) is 49.2 Å². The molecule has 0 amide bonds. The van der Waals surface area contributed by atoms with Crippen LogP contribution in [0, 0.1) is 0 Å². The highest BCUT2D eigenvalue weighted by molar-refractivity contribution is 5.51. The van der Waals surface area contributed by atoms with E-state index in [1.165, 1.54) is 6.07 Å². The monoisotopic (exact) mass is 315 g/mol. The summed E-state index contributed by atoms with van der Waals surface area (Å²) in [5.41, 5.74) is 7.85. The first-order chi connectivity index (χ1) is 11.1. The maximum Gasteiger partial charge on any atom is 0.161 e. The van der Waals surface area contributed by atoms with Gasteiger partial charge in [-0.1, -0.05) is 43.3 Å². The molecule has 0 radical (unpaired) electrons. The highest BCUT2D eigenvalue weighted by Gasteiger charge is 2.28. The summed E-state index contributed by atoms with van der Waals surface area (Å²) in [6.45, 7) is 4.84. The molecule has 23 heavy (non-hydrogen) atoms. The molecule has 0 bridgehead atoms. The Labute approximate surface area is 137 Å². The molecule has 4 heteroatoms. The fraction of sp³-hybridized carbons (Fsp3) is 0.368. The number of rotatable bonds is 2. The molecule has 2 aromatic rings. The van der Waals surface area contributed by atoms with Crippen molar-refractivity contribution in [3.05, 3.63) is 59.2 Å². The molecule has 0 saturated heterocycles. The molecule has 0 aromatic heterocycles. The van der Waals surface area contributed by atoms with E-state index in [-0.39, 0.29) is 23.7 Å². The SMILES string of the molecule is CC1OC(c2ccccc2)Cc2c1ccc(O)c2O.CCCN. The second kappa shape index (κ2) is 7.99. The van der Waals surface area contributed by atoms with Gasteiger partial charge in [-0.2, -0.15) is 0 Å². The van der Waals surface area contributed by atoms with Gasteiger partial charge in [-0.3, -0.25) is 0 Å². The first-order valence-electron chi connectivity index (χ1n) is 8.02. The predicted molar refractivity (Wildman–Crippen MR) is 91.5 cm³/mol. The molecule has 0 aliphatic carbocycles. The summed E-state index contributed by atoms with van der Waals surface area (Å²) in [5, 5.41) is 19.6. The van der Waals surface area contributed by atoms with Gasteiger partial charge in [0.1, 0.15) is 0 Å². The Morgan fingerprint density at radius 2 is 1.78 bits per heavy atom. The molecule has 3 rings (SSSR count). The van der Waals surface area contributed by atoms with E-state index in [2.05, 4.69) is 6.92 Å². The third kappa shape index (κ3) is 4.03. The zero-order valence-corrected chi connectivity index (χ0v) is 13.7. The smallest absolute Gasteiger partial charge is 0.161 e. The molecule has 4 N–H and O–H groups in total. The number of phenolic OH excluding ortho intramolecular Hbond substituents is 2. The highest BCUT2D eigenvalue weighted by atomic mass is 16.5. The molecule has 0 spiro atoms. The Bertz CT molecular complexity index is 626. The van der Waals surface area contributed by atoms with Gasteiger partial charge in [0.2, 0.25) is 0 Å². The average molecular weight is 315 g/mol. The van der Waals surface area contributed by atoms with Crippen LogP contribution in [-0.4, -0.2) is 16.8 Å². The summed E-state index contributed by atoms with van der Waals surface area (Å²) >= 11 is 0. The molecule has 0 fully saturated rings. The van der Waals surface area contributed by atoms with Gasteiger partial charge in [0.25, 0.3) is 0 Å². The van der Waals surface area contributed by atoms with Gasteiger partial charge in [-0.05, 0) is 37.1 Å². The number of benzene rings is 2. The molecular formula is C19H25NO3. The predicted octanol–water partition coefficient (Wildman–Crippen LogP) is 3.83. The summed E-state index contributed by atoms with van der Waals surface area (Å²) in [6, 6.07) is 13.3. The quantitative estimate of drug-likeness (QED) is 0.736.